The Morgan fingerprint density at radius 2 is 1.85 bits per heavy atom. The Morgan fingerprint density at radius 1 is 1.08 bits per heavy atom. The lowest BCUT2D eigenvalue weighted by Crippen LogP contribution is -2.36. The van der Waals surface area contributed by atoms with Crippen LogP contribution >= 0.6 is 0 Å². The molecule has 2 heterocycles. The Labute approximate surface area is 153 Å². The number of carbonyl (C=O) groups is 2. The fourth-order valence-corrected chi connectivity index (χ4v) is 3.32. The summed E-state index contributed by atoms with van der Waals surface area (Å²) in [5, 5.41) is 3.12. The first-order valence-corrected chi connectivity index (χ1v) is 9.09. The first-order chi connectivity index (χ1) is 12.7. The van der Waals surface area contributed by atoms with Crippen molar-refractivity contribution in [2.24, 2.45) is 5.92 Å². The maximum absolute atomic E-state index is 12.5. The summed E-state index contributed by atoms with van der Waals surface area (Å²) in [6.07, 6.45) is 5.74. The van der Waals surface area contributed by atoms with Gasteiger partial charge in [-0.25, -0.2) is 0 Å². The van der Waals surface area contributed by atoms with E-state index < -0.39 is 0 Å². The quantitative estimate of drug-likeness (QED) is 0.776. The number of pyridine rings is 1. The van der Waals surface area contributed by atoms with Crippen LogP contribution in [0.15, 0.2) is 54.9 Å². The molecule has 1 aliphatic rings. The van der Waals surface area contributed by atoms with Gasteiger partial charge in [0.25, 0.3) is 0 Å². The van der Waals surface area contributed by atoms with Crippen LogP contribution in [0.4, 0.5) is 0 Å². The molecule has 0 aliphatic carbocycles. The van der Waals surface area contributed by atoms with Crippen molar-refractivity contribution >= 4 is 11.7 Å². The van der Waals surface area contributed by atoms with Crippen molar-refractivity contribution < 1.29 is 14.3 Å². The highest BCUT2D eigenvalue weighted by molar-refractivity contribution is 5.97. The average molecular weight is 352 g/mol. The monoisotopic (exact) mass is 352 g/mol. The molecule has 1 aromatic heterocycles. The van der Waals surface area contributed by atoms with Gasteiger partial charge < -0.3 is 10.1 Å². The van der Waals surface area contributed by atoms with Gasteiger partial charge in [0.1, 0.15) is 0 Å². The fourth-order valence-electron chi connectivity index (χ4n) is 3.32. The Kier molecular flexibility index (Phi) is 6.50. The maximum atomic E-state index is 12.5. The van der Waals surface area contributed by atoms with Crippen LogP contribution in [0.25, 0.3) is 0 Å². The second-order valence-electron chi connectivity index (χ2n) is 6.57. The summed E-state index contributed by atoms with van der Waals surface area (Å²) in [5.74, 6) is 0.209. The molecule has 1 amide bonds. The third-order valence-electron chi connectivity index (χ3n) is 4.77. The van der Waals surface area contributed by atoms with E-state index in [-0.39, 0.29) is 30.6 Å². The van der Waals surface area contributed by atoms with E-state index in [0.29, 0.717) is 24.7 Å². The normalized spacial score (nSPS) is 16.0. The van der Waals surface area contributed by atoms with Crippen molar-refractivity contribution in [3.05, 3.63) is 66.0 Å². The minimum atomic E-state index is -0.102. The molecular formula is C21H24N2O3. The van der Waals surface area contributed by atoms with E-state index in [9.17, 15) is 9.59 Å². The Hall–Kier alpha value is -2.53. The lowest BCUT2D eigenvalue weighted by Gasteiger charge is -2.31. The molecule has 1 unspecified atom stereocenters. The first kappa shape index (κ1) is 18.3. The molecule has 26 heavy (non-hydrogen) atoms. The van der Waals surface area contributed by atoms with E-state index >= 15 is 0 Å². The molecule has 1 saturated heterocycles. The zero-order valence-corrected chi connectivity index (χ0v) is 14.8. The van der Waals surface area contributed by atoms with Gasteiger partial charge >= 0.3 is 0 Å². The largest absolute Gasteiger partial charge is 0.381 e. The Morgan fingerprint density at radius 3 is 2.54 bits per heavy atom. The van der Waals surface area contributed by atoms with Crippen LogP contribution in [0.3, 0.4) is 0 Å². The molecule has 0 saturated carbocycles. The van der Waals surface area contributed by atoms with Gasteiger partial charge in [-0.15, -0.1) is 0 Å². The molecule has 2 aromatic rings. The zero-order chi connectivity index (χ0) is 18.2. The summed E-state index contributed by atoms with van der Waals surface area (Å²) < 4.78 is 5.45. The van der Waals surface area contributed by atoms with Crippen molar-refractivity contribution in [2.75, 3.05) is 13.2 Å². The molecule has 1 aliphatic heterocycles. The van der Waals surface area contributed by atoms with Gasteiger partial charge in [0, 0.05) is 44.0 Å². The van der Waals surface area contributed by atoms with Crippen LogP contribution in [0.1, 0.15) is 47.6 Å². The molecule has 136 valence electrons. The lowest BCUT2D eigenvalue weighted by molar-refractivity contribution is -0.122. The van der Waals surface area contributed by atoms with Crippen molar-refractivity contribution in [2.45, 2.75) is 31.7 Å². The van der Waals surface area contributed by atoms with Crippen LogP contribution in [0.2, 0.25) is 0 Å². The molecule has 5 heteroatoms. The number of hydrogen-bond acceptors (Lipinski definition) is 4. The molecular weight excluding hydrogens is 328 g/mol. The maximum Gasteiger partial charge on any atom is 0.220 e. The van der Waals surface area contributed by atoms with Crippen molar-refractivity contribution in [1.82, 2.24) is 10.3 Å². The number of amides is 1. The van der Waals surface area contributed by atoms with E-state index in [1.54, 1.807) is 24.5 Å². The molecule has 1 fully saturated rings. The number of hydrogen-bond donors (Lipinski definition) is 1. The van der Waals surface area contributed by atoms with Gasteiger partial charge in [0.2, 0.25) is 5.91 Å². The third-order valence-corrected chi connectivity index (χ3v) is 4.77. The van der Waals surface area contributed by atoms with Gasteiger partial charge in [-0.05, 0) is 30.4 Å². The number of ketones is 1. The molecule has 0 radical (unpaired) electrons. The number of ether oxygens (including phenoxy) is 1. The Bertz CT molecular complexity index is 713. The van der Waals surface area contributed by atoms with Crippen molar-refractivity contribution in [3.8, 4) is 0 Å². The number of Topliss-reactive ketones (excluding diaryl/α,β-unsaturated/α-hetero) is 1. The van der Waals surface area contributed by atoms with E-state index in [4.69, 9.17) is 4.74 Å². The summed E-state index contributed by atoms with van der Waals surface area (Å²) in [7, 11) is 0. The molecule has 0 bridgehead atoms. The fraction of sp³-hybridized carbons (Fsp3) is 0.381. The van der Waals surface area contributed by atoms with E-state index in [1.807, 2.05) is 30.3 Å². The highest BCUT2D eigenvalue weighted by Gasteiger charge is 2.27. The third kappa shape index (κ3) is 4.99. The molecule has 1 aromatic carbocycles. The molecule has 1 atom stereocenters. The predicted molar refractivity (Wildman–Crippen MR) is 98.7 cm³/mol. The number of rotatable bonds is 7. The van der Waals surface area contributed by atoms with Crippen LogP contribution < -0.4 is 5.32 Å². The summed E-state index contributed by atoms with van der Waals surface area (Å²) in [5.41, 5.74) is 1.65. The van der Waals surface area contributed by atoms with Gasteiger partial charge in [-0.3, -0.25) is 14.6 Å². The number of aromatic nitrogens is 1. The van der Waals surface area contributed by atoms with Crippen LogP contribution in [0, 0.1) is 5.92 Å². The second kappa shape index (κ2) is 9.25. The number of benzene rings is 1. The van der Waals surface area contributed by atoms with Crippen LogP contribution in [-0.4, -0.2) is 29.9 Å². The van der Waals surface area contributed by atoms with Crippen molar-refractivity contribution in [3.63, 3.8) is 0 Å². The molecule has 5 nitrogen and oxygen atoms in total. The second-order valence-corrected chi connectivity index (χ2v) is 6.57. The van der Waals surface area contributed by atoms with E-state index in [0.717, 1.165) is 18.4 Å². The highest BCUT2D eigenvalue weighted by Crippen LogP contribution is 2.29. The number of nitrogens with zero attached hydrogens (tertiary/aromatic N) is 1. The summed E-state index contributed by atoms with van der Waals surface area (Å²) in [6, 6.07) is 12.9. The minimum absolute atomic E-state index is 0.00950. The average Bonchev–Trinajstić information content (AvgIpc) is 2.72. The molecule has 1 N–H and O–H groups in total. The summed E-state index contributed by atoms with van der Waals surface area (Å²) >= 11 is 0. The molecule has 0 spiro atoms. The van der Waals surface area contributed by atoms with Gasteiger partial charge in [0.15, 0.2) is 5.78 Å². The highest BCUT2D eigenvalue weighted by atomic mass is 16.5. The summed E-state index contributed by atoms with van der Waals surface area (Å²) in [6.45, 7) is 1.42. The number of carbonyl (C=O) groups excluding carboxylic acids is 2. The van der Waals surface area contributed by atoms with Gasteiger partial charge in [-0.1, -0.05) is 36.4 Å². The minimum Gasteiger partial charge on any atom is -0.381 e. The predicted octanol–water partition coefficient (Wildman–Crippen LogP) is 3.33. The standard InChI is InChI=1S/C21H24N2O3/c24-19(16-5-2-1-3-6-16)8-9-20(25)23-21(17-10-13-26-14-11-17)18-7-4-12-22-15-18/h1-7,12,15,17,21H,8-11,13-14H2,(H,23,25). The van der Waals surface area contributed by atoms with Crippen molar-refractivity contribution in [1.29, 1.82) is 0 Å². The van der Waals surface area contributed by atoms with Gasteiger partial charge in [-0.2, -0.15) is 0 Å². The van der Waals surface area contributed by atoms with Crippen LogP contribution in [-0.2, 0) is 9.53 Å². The van der Waals surface area contributed by atoms with Crippen LogP contribution in [0.5, 0.6) is 0 Å². The summed E-state index contributed by atoms with van der Waals surface area (Å²) in [4.78, 5) is 28.9. The van der Waals surface area contributed by atoms with E-state index in [2.05, 4.69) is 10.3 Å². The smallest absolute Gasteiger partial charge is 0.220 e. The lowest BCUT2D eigenvalue weighted by atomic mass is 9.87. The SMILES string of the molecule is O=C(CCC(=O)c1ccccc1)NC(c1cccnc1)C1CCOCC1. The topological polar surface area (TPSA) is 68.3 Å². The van der Waals surface area contributed by atoms with E-state index in [1.165, 1.54) is 0 Å². The zero-order valence-electron chi connectivity index (χ0n) is 14.8. The first-order valence-electron chi connectivity index (χ1n) is 9.09. The number of nitrogens with one attached hydrogen (secondary N) is 1. The molecule has 3 rings (SSSR count). The Balaban J connectivity index is 1.61. The van der Waals surface area contributed by atoms with Gasteiger partial charge in [0.05, 0.1) is 6.04 Å².